The van der Waals surface area contributed by atoms with Crippen LogP contribution in [0.5, 0.6) is 0 Å². The van der Waals surface area contributed by atoms with Crippen LogP contribution < -0.4 is 11.1 Å². The highest BCUT2D eigenvalue weighted by molar-refractivity contribution is 5.93. The van der Waals surface area contributed by atoms with Crippen LogP contribution in [0.1, 0.15) is 25.5 Å². The molecule has 102 valence electrons. The largest absolute Gasteiger partial charge is 0.352 e. The topological polar surface area (TPSA) is 75.4 Å². The van der Waals surface area contributed by atoms with Crippen molar-refractivity contribution in [1.29, 1.82) is 0 Å². The summed E-state index contributed by atoms with van der Waals surface area (Å²) < 4.78 is 0. The summed E-state index contributed by atoms with van der Waals surface area (Å²) in [6.45, 7) is 4.42. The van der Waals surface area contributed by atoms with Crippen LogP contribution in [-0.2, 0) is 9.59 Å². The fourth-order valence-corrected chi connectivity index (χ4v) is 2.26. The smallest absolute Gasteiger partial charge is 0.245 e. The predicted octanol–water partition coefficient (Wildman–Crippen LogP) is 0.423. The summed E-state index contributed by atoms with van der Waals surface area (Å²) in [5.74, 6) is -0.363. The van der Waals surface area contributed by atoms with Gasteiger partial charge in [0.1, 0.15) is 11.6 Å². The SMILES string of the molecule is CC1(C)C(=O)NCCN1C(=O)C(N)c1ccccc1. The van der Waals surface area contributed by atoms with E-state index in [4.69, 9.17) is 5.73 Å². The molecule has 0 bridgehead atoms. The molecule has 1 aromatic rings. The highest BCUT2D eigenvalue weighted by Gasteiger charge is 2.41. The van der Waals surface area contributed by atoms with Crippen molar-refractivity contribution >= 4 is 11.8 Å². The number of piperazine rings is 1. The zero-order valence-corrected chi connectivity index (χ0v) is 11.2. The van der Waals surface area contributed by atoms with Crippen molar-refractivity contribution < 1.29 is 9.59 Å². The summed E-state index contributed by atoms with van der Waals surface area (Å²) in [4.78, 5) is 25.9. The van der Waals surface area contributed by atoms with Crippen LogP contribution in [0.4, 0.5) is 0 Å². The monoisotopic (exact) mass is 261 g/mol. The van der Waals surface area contributed by atoms with Gasteiger partial charge in [0.2, 0.25) is 11.8 Å². The van der Waals surface area contributed by atoms with Gasteiger partial charge in [-0.25, -0.2) is 0 Å². The van der Waals surface area contributed by atoms with Gasteiger partial charge in [-0.2, -0.15) is 0 Å². The van der Waals surface area contributed by atoms with Crippen molar-refractivity contribution in [3.8, 4) is 0 Å². The molecule has 1 aliphatic rings. The van der Waals surface area contributed by atoms with Crippen molar-refractivity contribution in [1.82, 2.24) is 10.2 Å². The third-order valence-electron chi connectivity index (χ3n) is 3.54. The Morgan fingerprint density at radius 2 is 2.00 bits per heavy atom. The van der Waals surface area contributed by atoms with Gasteiger partial charge in [-0.15, -0.1) is 0 Å². The maximum absolute atomic E-state index is 12.5. The number of benzene rings is 1. The lowest BCUT2D eigenvalue weighted by atomic mass is 9.96. The molecular formula is C14H19N3O2. The molecule has 2 amide bonds. The van der Waals surface area contributed by atoms with Crippen LogP contribution in [0.3, 0.4) is 0 Å². The van der Waals surface area contributed by atoms with Gasteiger partial charge in [-0.3, -0.25) is 9.59 Å². The van der Waals surface area contributed by atoms with Gasteiger partial charge in [0.15, 0.2) is 0 Å². The van der Waals surface area contributed by atoms with E-state index < -0.39 is 11.6 Å². The van der Waals surface area contributed by atoms with Crippen LogP contribution >= 0.6 is 0 Å². The summed E-state index contributed by atoms with van der Waals surface area (Å²) in [5.41, 5.74) is 5.91. The minimum absolute atomic E-state index is 0.146. The van der Waals surface area contributed by atoms with Gasteiger partial charge < -0.3 is 16.0 Å². The molecule has 1 fully saturated rings. The molecule has 1 saturated heterocycles. The fourth-order valence-electron chi connectivity index (χ4n) is 2.26. The Morgan fingerprint density at radius 3 is 2.63 bits per heavy atom. The third kappa shape index (κ3) is 2.46. The maximum Gasteiger partial charge on any atom is 0.245 e. The van der Waals surface area contributed by atoms with E-state index >= 15 is 0 Å². The summed E-state index contributed by atoms with van der Waals surface area (Å²) in [6, 6.07) is 8.47. The first-order valence-electron chi connectivity index (χ1n) is 6.35. The number of carbonyl (C=O) groups excluding carboxylic acids is 2. The number of rotatable bonds is 2. The Labute approximate surface area is 112 Å². The molecule has 19 heavy (non-hydrogen) atoms. The summed E-state index contributed by atoms with van der Waals surface area (Å²) >= 11 is 0. The highest BCUT2D eigenvalue weighted by Crippen LogP contribution is 2.22. The molecule has 3 N–H and O–H groups in total. The van der Waals surface area contributed by atoms with Gasteiger partial charge in [-0.1, -0.05) is 30.3 Å². The van der Waals surface area contributed by atoms with Gasteiger partial charge in [0.05, 0.1) is 0 Å². The molecule has 0 aliphatic carbocycles. The summed E-state index contributed by atoms with van der Waals surface area (Å²) in [7, 11) is 0. The van der Waals surface area contributed by atoms with Crippen LogP contribution in [0.2, 0.25) is 0 Å². The van der Waals surface area contributed by atoms with Crippen molar-refractivity contribution in [2.24, 2.45) is 5.73 Å². The minimum atomic E-state index is -0.859. The second-order valence-corrected chi connectivity index (χ2v) is 5.19. The van der Waals surface area contributed by atoms with Gasteiger partial charge in [-0.05, 0) is 19.4 Å². The lowest BCUT2D eigenvalue weighted by Crippen LogP contribution is -2.64. The Hall–Kier alpha value is -1.88. The number of nitrogens with one attached hydrogen (secondary N) is 1. The Bertz CT molecular complexity index is 485. The van der Waals surface area contributed by atoms with Gasteiger partial charge >= 0.3 is 0 Å². The number of amides is 2. The minimum Gasteiger partial charge on any atom is -0.352 e. The van der Waals surface area contributed by atoms with Crippen LogP contribution in [0, 0.1) is 0 Å². The van der Waals surface area contributed by atoms with E-state index in [9.17, 15) is 9.59 Å². The molecule has 1 aliphatic heterocycles. The summed E-state index contributed by atoms with van der Waals surface area (Å²) in [6.07, 6.45) is 0. The number of nitrogens with two attached hydrogens (primary N) is 1. The predicted molar refractivity (Wildman–Crippen MR) is 72.2 cm³/mol. The van der Waals surface area contributed by atoms with E-state index in [-0.39, 0.29) is 11.8 Å². The average Bonchev–Trinajstić information content (AvgIpc) is 2.41. The molecule has 2 rings (SSSR count). The van der Waals surface area contributed by atoms with E-state index in [0.29, 0.717) is 13.1 Å². The molecule has 1 atom stereocenters. The molecular weight excluding hydrogens is 242 g/mol. The number of nitrogens with zero attached hydrogens (tertiary/aromatic N) is 1. The van der Waals surface area contributed by atoms with E-state index in [1.165, 1.54) is 0 Å². The van der Waals surface area contributed by atoms with Gasteiger partial charge in [0.25, 0.3) is 0 Å². The van der Waals surface area contributed by atoms with Crippen LogP contribution in [-0.4, -0.2) is 35.3 Å². The Morgan fingerprint density at radius 1 is 1.37 bits per heavy atom. The van der Waals surface area contributed by atoms with E-state index in [2.05, 4.69) is 5.32 Å². The highest BCUT2D eigenvalue weighted by atomic mass is 16.2. The number of carbonyl (C=O) groups is 2. The maximum atomic E-state index is 12.5. The molecule has 0 radical (unpaired) electrons. The normalized spacial score (nSPS) is 19.7. The average molecular weight is 261 g/mol. The van der Waals surface area contributed by atoms with E-state index in [1.54, 1.807) is 18.7 Å². The van der Waals surface area contributed by atoms with E-state index in [0.717, 1.165) is 5.56 Å². The first kappa shape index (κ1) is 13.5. The van der Waals surface area contributed by atoms with Crippen LogP contribution in [0.25, 0.3) is 0 Å². The molecule has 5 nitrogen and oxygen atoms in total. The lowest BCUT2D eigenvalue weighted by Gasteiger charge is -2.42. The first-order valence-corrected chi connectivity index (χ1v) is 6.35. The third-order valence-corrected chi connectivity index (χ3v) is 3.54. The molecule has 1 unspecified atom stereocenters. The van der Waals surface area contributed by atoms with Crippen molar-refractivity contribution in [3.05, 3.63) is 35.9 Å². The zero-order chi connectivity index (χ0) is 14.0. The van der Waals surface area contributed by atoms with Crippen molar-refractivity contribution in [2.75, 3.05) is 13.1 Å². The standard InChI is InChI=1S/C14H19N3O2/c1-14(2)13(19)16-8-9-17(14)12(18)11(15)10-6-4-3-5-7-10/h3-7,11H,8-9,15H2,1-2H3,(H,16,19). The van der Waals surface area contributed by atoms with Crippen molar-refractivity contribution in [2.45, 2.75) is 25.4 Å². The molecule has 5 heteroatoms. The quantitative estimate of drug-likeness (QED) is 0.810. The molecule has 1 heterocycles. The second kappa shape index (κ2) is 5.01. The Balaban J connectivity index is 2.22. The molecule has 0 saturated carbocycles. The zero-order valence-electron chi connectivity index (χ0n) is 11.2. The number of hydrogen-bond donors (Lipinski definition) is 2. The number of hydrogen-bond acceptors (Lipinski definition) is 3. The van der Waals surface area contributed by atoms with E-state index in [1.807, 2.05) is 30.3 Å². The lowest BCUT2D eigenvalue weighted by molar-refractivity contribution is -0.150. The fraction of sp³-hybridized carbons (Fsp3) is 0.429. The molecule has 0 aromatic heterocycles. The summed E-state index contributed by atoms with van der Waals surface area (Å²) in [5, 5.41) is 2.76. The second-order valence-electron chi connectivity index (χ2n) is 5.19. The van der Waals surface area contributed by atoms with Crippen LogP contribution in [0.15, 0.2) is 30.3 Å². The van der Waals surface area contributed by atoms with Gasteiger partial charge in [0, 0.05) is 13.1 Å². The molecule has 0 spiro atoms. The first-order chi connectivity index (χ1) is 8.94. The Kier molecular flexibility index (Phi) is 3.57. The molecule has 1 aromatic carbocycles. The van der Waals surface area contributed by atoms with Crippen molar-refractivity contribution in [3.63, 3.8) is 0 Å².